The SMILES string of the molecule is Cn1cc(NC(=O)Cc2ncc(Oc3ccnc4ccc(F)cc34)cn2)cn1. The zero-order valence-electron chi connectivity index (χ0n) is 14.8. The number of nitrogens with one attached hydrogen (secondary N) is 1. The van der Waals surface area contributed by atoms with Gasteiger partial charge in [0.15, 0.2) is 5.75 Å². The first-order valence-electron chi connectivity index (χ1n) is 8.38. The summed E-state index contributed by atoms with van der Waals surface area (Å²) in [4.78, 5) is 24.5. The molecule has 4 rings (SSSR count). The molecule has 3 aromatic heterocycles. The number of anilines is 1. The number of fused-ring (bicyclic) bond motifs is 1. The minimum Gasteiger partial charge on any atom is -0.453 e. The van der Waals surface area contributed by atoms with Crippen LogP contribution in [0.5, 0.6) is 11.5 Å². The van der Waals surface area contributed by atoms with Crippen LogP contribution in [0.2, 0.25) is 0 Å². The molecule has 0 spiro atoms. The van der Waals surface area contributed by atoms with Gasteiger partial charge in [-0.25, -0.2) is 14.4 Å². The fourth-order valence-electron chi connectivity index (χ4n) is 2.63. The molecular weight excluding hydrogens is 363 g/mol. The van der Waals surface area contributed by atoms with Crippen molar-refractivity contribution in [2.24, 2.45) is 7.05 Å². The number of halogens is 1. The lowest BCUT2D eigenvalue weighted by atomic mass is 10.2. The van der Waals surface area contributed by atoms with E-state index in [1.165, 1.54) is 24.5 Å². The Balaban J connectivity index is 1.45. The van der Waals surface area contributed by atoms with Gasteiger partial charge >= 0.3 is 0 Å². The fourth-order valence-corrected chi connectivity index (χ4v) is 2.63. The molecule has 9 heteroatoms. The third-order valence-corrected chi connectivity index (χ3v) is 3.88. The standard InChI is InChI=1S/C19H15FN6O2/c1-26-11-13(8-24-26)25-19(27)7-18-22-9-14(10-23-18)28-17-4-5-21-16-3-2-12(20)6-15(16)17/h2-6,8-11H,7H2,1H3,(H,25,27). The number of hydrogen-bond donors (Lipinski definition) is 1. The van der Waals surface area contributed by atoms with Crippen LogP contribution in [0.15, 0.2) is 55.2 Å². The molecule has 1 amide bonds. The van der Waals surface area contributed by atoms with Gasteiger partial charge in [0, 0.05) is 24.8 Å². The highest BCUT2D eigenvalue weighted by molar-refractivity contribution is 5.91. The third-order valence-electron chi connectivity index (χ3n) is 3.88. The van der Waals surface area contributed by atoms with Crippen LogP contribution in [0.1, 0.15) is 5.82 Å². The first kappa shape index (κ1) is 17.5. The van der Waals surface area contributed by atoms with Gasteiger partial charge in [0.1, 0.15) is 17.4 Å². The van der Waals surface area contributed by atoms with Crippen LogP contribution >= 0.6 is 0 Å². The molecule has 0 aliphatic carbocycles. The second-order valence-electron chi connectivity index (χ2n) is 6.04. The molecule has 140 valence electrons. The average molecular weight is 378 g/mol. The van der Waals surface area contributed by atoms with E-state index < -0.39 is 0 Å². The molecule has 8 nitrogen and oxygen atoms in total. The maximum absolute atomic E-state index is 13.5. The lowest BCUT2D eigenvalue weighted by Gasteiger charge is -2.08. The number of carbonyl (C=O) groups excluding carboxylic acids is 1. The molecule has 28 heavy (non-hydrogen) atoms. The number of amides is 1. The van der Waals surface area contributed by atoms with Crippen LogP contribution in [-0.2, 0) is 18.3 Å². The van der Waals surface area contributed by atoms with Crippen molar-refractivity contribution in [2.75, 3.05) is 5.32 Å². The predicted octanol–water partition coefficient (Wildman–Crippen LogP) is 2.87. The van der Waals surface area contributed by atoms with Crippen molar-refractivity contribution in [3.63, 3.8) is 0 Å². The van der Waals surface area contributed by atoms with Gasteiger partial charge in [-0.2, -0.15) is 5.10 Å². The number of aromatic nitrogens is 5. The summed E-state index contributed by atoms with van der Waals surface area (Å²) in [5, 5.41) is 7.24. The minimum atomic E-state index is -0.378. The Hall–Kier alpha value is -3.88. The Morgan fingerprint density at radius 2 is 2.00 bits per heavy atom. The minimum absolute atomic E-state index is 0.0125. The Kier molecular flexibility index (Phi) is 4.63. The fraction of sp³-hybridized carbons (Fsp3) is 0.105. The second-order valence-corrected chi connectivity index (χ2v) is 6.04. The van der Waals surface area contributed by atoms with Crippen molar-refractivity contribution in [1.82, 2.24) is 24.7 Å². The quantitative estimate of drug-likeness (QED) is 0.574. The molecule has 0 bridgehead atoms. The summed E-state index contributed by atoms with van der Waals surface area (Å²) >= 11 is 0. The molecule has 0 aliphatic heterocycles. The molecular formula is C19H15FN6O2. The summed E-state index contributed by atoms with van der Waals surface area (Å²) in [6, 6.07) is 5.91. The van der Waals surface area contributed by atoms with E-state index in [-0.39, 0.29) is 18.1 Å². The summed E-state index contributed by atoms with van der Waals surface area (Å²) in [5.74, 6) is 0.525. The number of pyridine rings is 1. The van der Waals surface area contributed by atoms with Crippen molar-refractivity contribution in [1.29, 1.82) is 0 Å². The first-order valence-corrected chi connectivity index (χ1v) is 8.38. The van der Waals surface area contributed by atoms with Gasteiger partial charge in [-0.15, -0.1) is 0 Å². The van der Waals surface area contributed by atoms with Gasteiger partial charge in [0.25, 0.3) is 0 Å². The van der Waals surface area contributed by atoms with Crippen LogP contribution in [0.3, 0.4) is 0 Å². The van der Waals surface area contributed by atoms with E-state index in [0.717, 1.165) is 0 Å². The number of benzene rings is 1. The highest BCUT2D eigenvalue weighted by atomic mass is 19.1. The summed E-state index contributed by atoms with van der Waals surface area (Å²) in [5.41, 5.74) is 1.22. The molecule has 0 fully saturated rings. The summed E-state index contributed by atoms with van der Waals surface area (Å²) < 4.78 is 20.9. The molecule has 0 saturated carbocycles. The normalized spacial score (nSPS) is 10.8. The van der Waals surface area contributed by atoms with Crippen molar-refractivity contribution in [2.45, 2.75) is 6.42 Å². The molecule has 1 aromatic carbocycles. The molecule has 0 atom stereocenters. The van der Waals surface area contributed by atoms with E-state index in [9.17, 15) is 9.18 Å². The summed E-state index contributed by atoms with van der Waals surface area (Å²) in [6.45, 7) is 0. The van der Waals surface area contributed by atoms with Crippen LogP contribution in [0, 0.1) is 5.82 Å². The van der Waals surface area contributed by atoms with Crippen molar-refractivity contribution in [3.8, 4) is 11.5 Å². The largest absolute Gasteiger partial charge is 0.453 e. The zero-order chi connectivity index (χ0) is 19.5. The Morgan fingerprint density at radius 1 is 1.18 bits per heavy atom. The van der Waals surface area contributed by atoms with Crippen LogP contribution < -0.4 is 10.1 Å². The van der Waals surface area contributed by atoms with Crippen LogP contribution in [-0.4, -0.2) is 30.6 Å². The van der Waals surface area contributed by atoms with E-state index in [0.29, 0.717) is 33.9 Å². The lowest BCUT2D eigenvalue weighted by Crippen LogP contribution is -2.15. The van der Waals surface area contributed by atoms with E-state index in [4.69, 9.17) is 4.74 Å². The monoisotopic (exact) mass is 378 g/mol. The van der Waals surface area contributed by atoms with E-state index in [1.54, 1.807) is 42.5 Å². The topological polar surface area (TPSA) is 94.8 Å². The van der Waals surface area contributed by atoms with Gasteiger partial charge in [0.05, 0.1) is 36.2 Å². The average Bonchev–Trinajstić information content (AvgIpc) is 3.08. The summed E-state index contributed by atoms with van der Waals surface area (Å²) in [6.07, 6.45) is 7.76. The molecule has 4 aromatic rings. The highest BCUT2D eigenvalue weighted by Crippen LogP contribution is 2.28. The third kappa shape index (κ3) is 3.93. The Labute approximate surface area is 159 Å². The zero-order valence-corrected chi connectivity index (χ0v) is 14.8. The first-order chi connectivity index (χ1) is 13.6. The predicted molar refractivity (Wildman–Crippen MR) is 99.3 cm³/mol. The van der Waals surface area contributed by atoms with Crippen LogP contribution in [0.25, 0.3) is 10.9 Å². The maximum atomic E-state index is 13.5. The van der Waals surface area contributed by atoms with Gasteiger partial charge in [-0.1, -0.05) is 0 Å². The maximum Gasteiger partial charge on any atom is 0.232 e. The van der Waals surface area contributed by atoms with E-state index in [2.05, 4.69) is 25.4 Å². The summed E-state index contributed by atoms with van der Waals surface area (Å²) in [7, 11) is 1.76. The van der Waals surface area contributed by atoms with Crippen LogP contribution in [0.4, 0.5) is 10.1 Å². The van der Waals surface area contributed by atoms with E-state index >= 15 is 0 Å². The van der Waals surface area contributed by atoms with Gasteiger partial charge in [-0.3, -0.25) is 14.5 Å². The number of hydrogen-bond acceptors (Lipinski definition) is 6. The number of ether oxygens (including phenoxy) is 1. The van der Waals surface area contributed by atoms with Gasteiger partial charge in [0.2, 0.25) is 5.91 Å². The number of rotatable bonds is 5. The molecule has 0 radical (unpaired) electrons. The number of nitrogens with zero attached hydrogens (tertiary/aromatic N) is 5. The van der Waals surface area contributed by atoms with Gasteiger partial charge < -0.3 is 10.1 Å². The molecule has 3 heterocycles. The van der Waals surface area contributed by atoms with Crippen molar-refractivity contribution in [3.05, 3.63) is 66.9 Å². The number of aryl methyl sites for hydroxylation is 1. The molecule has 0 unspecified atom stereocenters. The Morgan fingerprint density at radius 3 is 2.75 bits per heavy atom. The lowest BCUT2D eigenvalue weighted by molar-refractivity contribution is -0.115. The Bertz CT molecular complexity index is 1140. The van der Waals surface area contributed by atoms with Gasteiger partial charge in [-0.05, 0) is 24.3 Å². The van der Waals surface area contributed by atoms with Crippen molar-refractivity contribution < 1.29 is 13.9 Å². The highest BCUT2D eigenvalue weighted by Gasteiger charge is 2.10. The second kappa shape index (κ2) is 7.39. The van der Waals surface area contributed by atoms with Crippen molar-refractivity contribution >= 4 is 22.5 Å². The smallest absolute Gasteiger partial charge is 0.232 e. The van der Waals surface area contributed by atoms with E-state index in [1.807, 2.05) is 0 Å². The molecule has 0 aliphatic rings. The molecule has 1 N–H and O–H groups in total. The number of carbonyl (C=O) groups is 1. The molecule has 0 saturated heterocycles.